The van der Waals surface area contributed by atoms with E-state index in [9.17, 15) is 19.7 Å². The van der Waals surface area contributed by atoms with Crippen LogP contribution >= 0.6 is 24.0 Å². The summed E-state index contributed by atoms with van der Waals surface area (Å²) in [4.78, 5) is 35.7. The minimum absolute atomic E-state index is 0.143. The number of nitrogens with one attached hydrogen (secondary N) is 1. The monoisotopic (exact) mass is 459 g/mol. The number of carbonyl (C=O) groups is 2. The summed E-state index contributed by atoms with van der Waals surface area (Å²) in [6, 6.07) is 10.3. The Balaban J connectivity index is 1.76. The van der Waals surface area contributed by atoms with Crippen LogP contribution in [0.5, 0.6) is 11.5 Å². The van der Waals surface area contributed by atoms with Crippen molar-refractivity contribution in [3.63, 3.8) is 0 Å². The normalized spacial score (nSPS) is 14.6. The first-order valence-electron chi connectivity index (χ1n) is 8.98. The predicted molar refractivity (Wildman–Crippen MR) is 120 cm³/mol. The molecule has 11 heteroatoms. The largest absolute Gasteiger partial charge is 0.493 e. The van der Waals surface area contributed by atoms with Gasteiger partial charge in [0.05, 0.1) is 23.5 Å². The van der Waals surface area contributed by atoms with Crippen LogP contribution in [0.25, 0.3) is 6.08 Å². The van der Waals surface area contributed by atoms with Gasteiger partial charge in [-0.1, -0.05) is 17.8 Å². The molecule has 0 radical (unpaired) electrons. The molecule has 1 fully saturated rings. The maximum atomic E-state index is 12.7. The Labute approximate surface area is 187 Å². The van der Waals surface area contributed by atoms with Crippen molar-refractivity contribution < 1.29 is 24.0 Å². The molecule has 0 spiro atoms. The lowest BCUT2D eigenvalue weighted by Gasteiger charge is -2.15. The van der Waals surface area contributed by atoms with Crippen LogP contribution in [0.3, 0.4) is 0 Å². The molecule has 1 aliphatic rings. The summed E-state index contributed by atoms with van der Waals surface area (Å²) in [5.41, 5.74) is 3.14. The summed E-state index contributed by atoms with van der Waals surface area (Å²) in [5, 5.41) is 11.7. The minimum Gasteiger partial charge on any atom is -0.493 e. The Morgan fingerprint density at radius 1 is 1.26 bits per heavy atom. The van der Waals surface area contributed by atoms with E-state index in [4.69, 9.17) is 21.7 Å². The van der Waals surface area contributed by atoms with Crippen LogP contribution < -0.4 is 14.9 Å². The molecule has 0 unspecified atom stereocenters. The first-order valence-corrected chi connectivity index (χ1v) is 10.2. The van der Waals surface area contributed by atoms with E-state index in [0.29, 0.717) is 28.6 Å². The highest BCUT2D eigenvalue weighted by atomic mass is 32.2. The van der Waals surface area contributed by atoms with Gasteiger partial charge < -0.3 is 9.47 Å². The molecule has 1 N–H and O–H groups in total. The third-order valence-electron chi connectivity index (χ3n) is 4.13. The van der Waals surface area contributed by atoms with Crippen molar-refractivity contribution in [3.8, 4) is 11.5 Å². The smallest absolute Gasteiger partial charge is 0.285 e. The van der Waals surface area contributed by atoms with Gasteiger partial charge in [0.25, 0.3) is 17.5 Å². The molecule has 1 aliphatic heterocycles. The molecule has 1 saturated heterocycles. The Bertz CT molecular complexity index is 1080. The number of thiocarbonyl (C=S) groups is 1. The molecule has 31 heavy (non-hydrogen) atoms. The number of hydrogen-bond acceptors (Lipinski definition) is 8. The summed E-state index contributed by atoms with van der Waals surface area (Å²) >= 11 is 6.26. The lowest BCUT2D eigenvalue weighted by atomic mass is 10.2. The van der Waals surface area contributed by atoms with E-state index < -0.39 is 16.7 Å². The number of nitro benzene ring substituents is 1. The van der Waals surface area contributed by atoms with Crippen LogP contribution in [-0.2, 0) is 4.79 Å². The van der Waals surface area contributed by atoms with Crippen molar-refractivity contribution in [2.45, 2.75) is 6.92 Å². The van der Waals surface area contributed by atoms with E-state index in [0.717, 1.165) is 16.8 Å². The Morgan fingerprint density at radius 2 is 1.97 bits per heavy atom. The molecule has 160 valence electrons. The Kier molecular flexibility index (Phi) is 6.88. The summed E-state index contributed by atoms with van der Waals surface area (Å²) in [6.45, 7) is 2.35. The van der Waals surface area contributed by atoms with E-state index in [2.05, 4.69) is 5.43 Å². The Hall–Kier alpha value is -3.44. The molecule has 0 saturated carbocycles. The summed E-state index contributed by atoms with van der Waals surface area (Å²) < 4.78 is 11.0. The molecule has 1 heterocycles. The zero-order chi connectivity index (χ0) is 22.5. The number of non-ortho nitro benzene ring substituents is 1. The number of thioether (sulfide) groups is 1. The molecular weight excluding hydrogens is 442 g/mol. The second kappa shape index (κ2) is 9.58. The van der Waals surface area contributed by atoms with Crippen LogP contribution in [0.2, 0.25) is 0 Å². The zero-order valence-electron chi connectivity index (χ0n) is 16.5. The highest BCUT2D eigenvalue weighted by Gasteiger charge is 2.34. The van der Waals surface area contributed by atoms with Crippen LogP contribution in [0.15, 0.2) is 47.4 Å². The number of rotatable bonds is 7. The van der Waals surface area contributed by atoms with Crippen LogP contribution in [0, 0.1) is 10.1 Å². The lowest BCUT2D eigenvalue weighted by molar-refractivity contribution is -0.384. The molecule has 0 atom stereocenters. The van der Waals surface area contributed by atoms with Crippen LogP contribution in [0.1, 0.15) is 22.8 Å². The molecule has 0 aromatic heterocycles. The average molecular weight is 460 g/mol. The van der Waals surface area contributed by atoms with Gasteiger partial charge in [-0.2, -0.15) is 5.01 Å². The number of amides is 2. The number of methoxy groups -OCH3 is 1. The van der Waals surface area contributed by atoms with Crippen molar-refractivity contribution >= 4 is 51.9 Å². The SMILES string of the molecule is CCOc1ccc(/C=C2/SC(=S)N(NC(=O)c3ccc([N+](=O)[O-])cc3)C2=O)cc1OC. The second-order valence-corrected chi connectivity index (χ2v) is 7.78. The Morgan fingerprint density at radius 3 is 2.58 bits per heavy atom. The number of ether oxygens (including phenoxy) is 2. The number of benzene rings is 2. The predicted octanol–water partition coefficient (Wildman–Crippen LogP) is 3.55. The quantitative estimate of drug-likeness (QED) is 0.290. The van der Waals surface area contributed by atoms with Gasteiger partial charge in [0.1, 0.15) is 0 Å². The van der Waals surface area contributed by atoms with Crippen molar-refractivity contribution in [1.82, 2.24) is 10.4 Å². The molecule has 2 amide bonds. The number of hydrazine groups is 1. The third-order valence-corrected chi connectivity index (χ3v) is 5.43. The van der Waals surface area contributed by atoms with Gasteiger partial charge in [-0.25, -0.2) is 0 Å². The van der Waals surface area contributed by atoms with E-state index in [1.54, 1.807) is 24.3 Å². The van der Waals surface area contributed by atoms with Crippen molar-refractivity contribution in [1.29, 1.82) is 0 Å². The van der Waals surface area contributed by atoms with Gasteiger partial charge in [0, 0.05) is 17.7 Å². The molecule has 2 aromatic rings. The van der Waals surface area contributed by atoms with Crippen molar-refractivity contribution in [2.24, 2.45) is 0 Å². The highest BCUT2D eigenvalue weighted by Crippen LogP contribution is 2.34. The molecule has 3 rings (SSSR count). The fourth-order valence-corrected chi connectivity index (χ4v) is 3.84. The number of hydrogen-bond donors (Lipinski definition) is 1. The van der Waals surface area contributed by atoms with Gasteiger partial charge in [0.15, 0.2) is 15.8 Å². The van der Waals surface area contributed by atoms with Gasteiger partial charge in [-0.15, -0.1) is 0 Å². The molecule has 0 aliphatic carbocycles. The fraction of sp³-hybridized carbons (Fsp3) is 0.150. The minimum atomic E-state index is -0.616. The summed E-state index contributed by atoms with van der Waals surface area (Å²) in [7, 11) is 1.52. The molecular formula is C20H17N3O6S2. The summed E-state index contributed by atoms with van der Waals surface area (Å²) in [5.74, 6) is 0.0101. The van der Waals surface area contributed by atoms with Gasteiger partial charge in [0.2, 0.25) is 0 Å². The third kappa shape index (κ3) is 5.01. The maximum Gasteiger partial charge on any atom is 0.285 e. The molecule has 0 bridgehead atoms. The van der Waals surface area contributed by atoms with Crippen LogP contribution in [0.4, 0.5) is 5.69 Å². The maximum absolute atomic E-state index is 12.7. The van der Waals surface area contributed by atoms with Gasteiger partial charge >= 0.3 is 0 Å². The number of nitro groups is 1. The van der Waals surface area contributed by atoms with E-state index >= 15 is 0 Å². The first kappa shape index (κ1) is 22.2. The second-order valence-electron chi connectivity index (χ2n) is 6.11. The topological polar surface area (TPSA) is 111 Å². The average Bonchev–Trinajstić information content (AvgIpc) is 3.02. The lowest BCUT2D eigenvalue weighted by Crippen LogP contribution is -2.44. The zero-order valence-corrected chi connectivity index (χ0v) is 18.1. The standard InChI is InChI=1S/C20H17N3O6S2/c1-3-29-15-9-4-12(10-16(15)28-2)11-17-19(25)22(20(30)31-17)21-18(24)13-5-7-14(8-6-13)23(26)27/h4-11H,3H2,1-2H3,(H,21,24)/b17-11+. The first-order chi connectivity index (χ1) is 14.8. The summed E-state index contributed by atoms with van der Waals surface area (Å²) in [6.07, 6.45) is 1.63. The van der Waals surface area contributed by atoms with E-state index in [1.807, 2.05) is 6.92 Å². The van der Waals surface area contributed by atoms with Gasteiger partial charge in [-0.3, -0.25) is 25.1 Å². The molecule has 2 aromatic carbocycles. The van der Waals surface area contributed by atoms with Crippen molar-refractivity contribution in [2.75, 3.05) is 13.7 Å². The van der Waals surface area contributed by atoms with E-state index in [1.165, 1.54) is 31.4 Å². The van der Waals surface area contributed by atoms with Crippen molar-refractivity contribution in [3.05, 3.63) is 68.6 Å². The van der Waals surface area contributed by atoms with Gasteiger partial charge in [-0.05, 0) is 55.0 Å². The number of nitrogens with zero attached hydrogens (tertiary/aromatic N) is 2. The van der Waals surface area contributed by atoms with Crippen LogP contribution in [-0.4, -0.2) is 39.8 Å². The fourth-order valence-electron chi connectivity index (χ4n) is 2.66. The highest BCUT2D eigenvalue weighted by molar-refractivity contribution is 8.26. The molecule has 9 nitrogen and oxygen atoms in total. The number of carbonyl (C=O) groups excluding carboxylic acids is 2. The van der Waals surface area contributed by atoms with E-state index in [-0.39, 0.29) is 15.6 Å².